The summed E-state index contributed by atoms with van der Waals surface area (Å²) in [5, 5.41) is 19.9. The molecule has 2 N–H and O–H groups in total. The van der Waals surface area contributed by atoms with Crippen LogP contribution in [0, 0.1) is 0 Å². The number of aromatic nitrogens is 1. The molecule has 100 valence electrons. The highest BCUT2D eigenvalue weighted by Gasteiger charge is 2.40. The molecule has 0 amide bonds. The number of nitrogens with zero attached hydrogens (tertiary/aromatic N) is 1. The van der Waals surface area contributed by atoms with Gasteiger partial charge in [0.15, 0.2) is 5.43 Å². The minimum atomic E-state index is -1.37. The number of hydrogen-bond donors (Lipinski definition) is 2. The van der Waals surface area contributed by atoms with E-state index in [1.54, 1.807) is 45.5 Å². The van der Waals surface area contributed by atoms with Crippen LogP contribution in [0.1, 0.15) is 27.7 Å². The Morgan fingerprint density at radius 3 is 2.39 bits per heavy atom. The molecule has 1 rings (SSSR count). The van der Waals surface area contributed by atoms with E-state index in [-0.39, 0.29) is 10.9 Å². The number of hydrogen-bond acceptors (Lipinski definition) is 4. The molecule has 0 aromatic carbocycles. The van der Waals surface area contributed by atoms with E-state index in [1.807, 2.05) is 0 Å². The Morgan fingerprint density at radius 2 is 1.89 bits per heavy atom. The zero-order valence-electron chi connectivity index (χ0n) is 11.5. The SMILES string of the molecule is Cn1ccc(=O)c(B(O)OC(C)(C)C(C)(C)O)c1. The number of pyridine rings is 1. The van der Waals surface area contributed by atoms with Crippen molar-refractivity contribution in [2.45, 2.75) is 38.9 Å². The third-order valence-corrected chi connectivity index (χ3v) is 3.23. The van der Waals surface area contributed by atoms with Crippen molar-refractivity contribution < 1.29 is 14.8 Å². The highest BCUT2D eigenvalue weighted by atomic mass is 16.5. The lowest BCUT2D eigenvalue weighted by Gasteiger charge is -2.38. The second-order valence-electron chi connectivity index (χ2n) is 5.47. The van der Waals surface area contributed by atoms with E-state index in [1.165, 1.54) is 12.3 Å². The molecule has 1 aromatic heterocycles. The standard InChI is InChI=1S/C12H20BNO4/c1-11(2,16)12(3,4)18-13(17)9-8-14(5)7-6-10(9)15/h6-8,16-17H,1-5H3. The minimum Gasteiger partial charge on any atom is -0.423 e. The molecule has 0 aliphatic rings. The van der Waals surface area contributed by atoms with Gasteiger partial charge < -0.3 is 19.4 Å². The van der Waals surface area contributed by atoms with E-state index in [2.05, 4.69) is 0 Å². The Balaban J connectivity index is 2.99. The zero-order valence-corrected chi connectivity index (χ0v) is 11.5. The lowest BCUT2D eigenvalue weighted by molar-refractivity contribution is -0.0983. The van der Waals surface area contributed by atoms with Crippen molar-refractivity contribution >= 4 is 12.6 Å². The summed E-state index contributed by atoms with van der Waals surface area (Å²) < 4.78 is 7.07. The van der Waals surface area contributed by atoms with Gasteiger partial charge in [-0.1, -0.05) is 0 Å². The summed E-state index contributed by atoms with van der Waals surface area (Å²) >= 11 is 0. The highest BCUT2D eigenvalue weighted by molar-refractivity contribution is 6.59. The van der Waals surface area contributed by atoms with E-state index >= 15 is 0 Å². The van der Waals surface area contributed by atoms with E-state index < -0.39 is 18.3 Å². The van der Waals surface area contributed by atoms with Gasteiger partial charge in [0.2, 0.25) is 0 Å². The van der Waals surface area contributed by atoms with Crippen LogP contribution in [0.15, 0.2) is 23.3 Å². The second-order valence-corrected chi connectivity index (χ2v) is 5.47. The van der Waals surface area contributed by atoms with Gasteiger partial charge in [0.25, 0.3) is 0 Å². The fourth-order valence-electron chi connectivity index (χ4n) is 1.28. The maximum Gasteiger partial charge on any atom is 0.497 e. The Labute approximate surface area is 107 Å². The normalized spacial score (nSPS) is 12.6. The molecule has 1 aromatic rings. The van der Waals surface area contributed by atoms with Gasteiger partial charge in [0, 0.05) is 31.0 Å². The van der Waals surface area contributed by atoms with Crippen LogP contribution in [0.25, 0.3) is 0 Å². The summed E-state index contributed by atoms with van der Waals surface area (Å²) in [6, 6.07) is 1.36. The van der Waals surface area contributed by atoms with Crippen molar-refractivity contribution in [1.82, 2.24) is 4.57 Å². The summed E-state index contributed by atoms with van der Waals surface area (Å²) in [6.45, 7) is 6.49. The molecule has 0 fully saturated rings. The fraction of sp³-hybridized carbons (Fsp3) is 0.583. The van der Waals surface area contributed by atoms with E-state index in [0.29, 0.717) is 0 Å². The molecule has 0 spiro atoms. The quantitative estimate of drug-likeness (QED) is 0.719. The zero-order chi connectivity index (χ0) is 14.1. The third kappa shape index (κ3) is 3.22. The molecule has 0 atom stereocenters. The Bertz CT molecular complexity index is 476. The lowest BCUT2D eigenvalue weighted by Crippen LogP contribution is -2.55. The first-order valence-electron chi connectivity index (χ1n) is 5.79. The smallest absolute Gasteiger partial charge is 0.423 e. The summed E-state index contributed by atoms with van der Waals surface area (Å²) in [5.74, 6) is 0. The summed E-state index contributed by atoms with van der Waals surface area (Å²) in [7, 11) is 0.378. The third-order valence-electron chi connectivity index (χ3n) is 3.23. The first-order valence-corrected chi connectivity index (χ1v) is 5.79. The topological polar surface area (TPSA) is 71.7 Å². The molecule has 0 saturated heterocycles. The van der Waals surface area contributed by atoms with Gasteiger partial charge in [-0.15, -0.1) is 0 Å². The predicted molar refractivity (Wildman–Crippen MR) is 70.8 cm³/mol. The van der Waals surface area contributed by atoms with Gasteiger partial charge in [-0.3, -0.25) is 4.79 Å². The molecule has 0 radical (unpaired) electrons. The fourth-order valence-corrected chi connectivity index (χ4v) is 1.28. The minimum absolute atomic E-state index is 0.150. The van der Waals surface area contributed by atoms with Crippen LogP contribution in [0.3, 0.4) is 0 Å². The van der Waals surface area contributed by atoms with Crippen LogP contribution in [0.4, 0.5) is 0 Å². The molecule has 0 aliphatic heterocycles. The largest absolute Gasteiger partial charge is 0.497 e. The van der Waals surface area contributed by atoms with Gasteiger partial charge >= 0.3 is 7.12 Å². The molecular formula is C12H20BNO4. The average Bonchev–Trinajstić information content (AvgIpc) is 2.19. The van der Waals surface area contributed by atoms with Gasteiger partial charge in [-0.05, 0) is 27.7 Å². The summed E-state index contributed by atoms with van der Waals surface area (Å²) in [4.78, 5) is 11.6. The number of aliphatic hydroxyl groups is 1. The molecule has 1 heterocycles. The second kappa shape index (κ2) is 4.88. The molecule has 0 aliphatic carbocycles. The van der Waals surface area contributed by atoms with Crippen LogP contribution in [-0.2, 0) is 11.7 Å². The number of rotatable bonds is 4. The molecule has 0 unspecified atom stereocenters. The van der Waals surface area contributed by atoms with Crippen LogP contribution < -0.4 is 10.9 Å². The Kier molecular flexibility index (Phi) is 4.05. The maximum absolute atomic E-state index is 11.6. The molecule has 0 bridgehead atoms. The average molecular weight is 253 g/mol. The van der Waals surface area contributed by atoms with E-state index in [0.717, 1.165) is 0 Å². The monoisotopic (exact) mass is 253 g/mol. The van der Waals surface area contributed by atoms with Crippen LogP contribution >= 0.6 is 0 Å². The summed E-state index contributed by atoms with van der Waals surface area (Å²) in [5.41, 5.74) is -2.29. The molecule has 18 heavy (non-hydrogen) atoms. The highest BCUT2D eigenvalue weighted by Crippen LogP contribution is 2.25. The summed E-state index contributed by atoms with van der Waals surface area (Å²) in [6.07, 6.45) is 3.10. The van der Waals surface area contributed by atoms with Crippen molar-refractivity contribution in [3.05, 3.63) is 28.7 Å². The first kappa shape index (κ1) is 15.0. The molecule has 5 nitrogen and oxygen atoms in total. The van der Waals surface area contributed by atoms with Gasteiger partial charge in [-0.25, -0.2) is 0 Å². The Hall–Kier alpha value is -1.11. The Morgan fingerprint density at radius 1 is 1.33 bits per heavy atom. The van der Waals surface area contributed by atoms with Crippen molar-refractivity contribution in [3.8, 4) is 0 Å². The van der Waals surface area contributed by atoms with E-state index in [9.17, 15) is 14.9 Å². The molecule has 0 saturated carbocycles. The van der Waals surface area contributed by atoms with Gasteiger partial charge in [0.05, 0.1) is 11.2 Å². The van der Waals surface area contributed by atoms with Crippen LogP contribution in [0.5, 0.6) is 0 Å². The van der Waals surface area contributed by atoms with E-state index in [4.69, 9.17) is 4.65 Å². The van der Waals surface area contributed by atoms with Gasteiger partial charge in [0.1, 0.15) is 0 Å². The lowest BCUT2D eigenvalue weighted by atomic mass is 9.77. The molecular weight excluding hydrogens is 233 g/mol. The van der Waals surface area contributed by atoms with Crippen LogP contribution in [-0.4, -0.2) is 33.0 Å². The van der Waals surface area contributed by atoms with Gasteiger partial charge in [-0.2, -0.15) is 0 Å². The van der Waals surface area contributed by atoms with Crippen molar-refractivity contribution in [2.75, 3.05) is 0 Å². The predicted octanol–water partition coefficient (Wildman–Crippen LogP) is -0.361. The van der Waals surface area contributed by atoms with Crippen molar-refractivity contribution in [1.29, 1.82) is 0 Å². The van der Waals surface area contributed by atoms with Crippen LogP contribution in [0.2, 0.25) is 0 Å². The maximum atomic E-state index is 11.6. The number of aryl methyl sites for hydroxylation is 1. The van der Waals surface area contributed by atoms with Crippen molar-refractivity contribution in [3.63, 3.8) is 0 Å². The molecule has 6 heteroatoms. The van der Waals surface area contributed by atoms with Crippen molar-refractivity contribution in [2.24, 2.45) is 7.05 Å². The first-order chi connectivity index (χ1) is 8.04.